The SMILES string of the molecule is CN(Cc1cccc(C#N)c1)c1ccc(Br)cc1N. The second-order valence-electron chi connectivity index (χ2n) is 4.37. The van der Waals surface area contributed by atoms with Crippen molar-refractivity contribution in [3.8, 4) is 6.07 Å². The van der Waals surface area contributed by atoms with Gasteiger partial charge in [-0.1, -0.05) is 28.1 Å². The Hall–Kier alpha value is -1.99. The maximum Gasteiger partial charge on any atom is 0.0991 e. The van der Waals surface area contributed by atoms with E-state index in [0.717, 1.165) is 21.4 Å². The Morgan fingerprint density at radius 3 is 2.74 bits per heavy atom. The summed E-state index contributed by atoms with van der Waals surface area (Å²) >= 11 is 3.40. The number of halogens is 1. The Morgan fingerprint density at radius 1 is 1.26 bits per heavy atom. The molecular weight excluding hydrogens is 302 g/mol. The number of hydrogen-bond donors (Lipinski definition) is 1. The summed E-state index contributed by atoms with van der Waals surface area (Å²) in [7, 11) is 1.98. The molecule has 2 aromatic carbocycles. The van der Waals surface area contributed by atoms with Crippen LogP contribution < -0.4 is 10.6 Å². The zero-order valence-electron chi connectivity index (χ0n) is 10.6. The van der Waals surface area contributed by atoms with Crippen LogP contribution in [0, 0.1) is 11.3 Å². The van der Waals surface area contributed by atoms with Gasteiger partial charge in [-0.05, 0) is 35.9 Å². The van der Waals surface area contributed by atoms with Gasteiger partial charge in [0.25, 0.3) is 0 Å². The highest BCUT2D eigenvalue weighted by atomic mass is 79.9. The smallest absolute Gasteiger partial charge is 0.0991 e. The molecule has 4 heteroatoms. The summed E-state index contributed by atoms with van der Waals surface area (Å²) < 4.78 is 0.966. The van der Waals surface area contributed by atoms with Gasteiger partial charge in [0.2, 0.25) is 0 Å². The van der Waals surface area contributed by atoms with E-state index in [4.69, 9.17) is 11.0 Å². The molecule has 2 N–H and O–H groups in total. The van der Waals surface area contributed by atoms with Crippen LogP contribution in [0.5, 0.6) is 0 Å². The predicted molar refractivity (Wildman–Crippen MR) is 81.8 cm³/mol. The fourth-order valence-corrected chi connectivity index (χ4v) is 2.35. The minimum atomic E-state index is 0.676. The molecule has 0 unspecified atom stereocenters. The zero-order chi connectivity index (χ0) is 13.8. The van der Waals surface area contributed by atoms with Gasteiger partial charge in [-0.2, -0.15) is 5.26 Å². The van der Waals surface area contributed by atoms with E-state index in [2.05, 4.69) is 26.9 Å². The summed E-state index contributed by atoms with van der Waals surface area (Å²) in [6.07, 6.45) is 0. The molecule has 0 bridgehead atoms. The molecule has 0 heterocycles. The van der Waals surface area contributed by atoms with Crippen molar-refractivity contribution < 1.29 is 0 Å². The molecule has 0 radical (unpaired) electrons. The second-order valence-corrected chi connectivity index (χ2v) is 5.29. The lowest BCUT2D eigenvalue weighted by atomic mass is 10.1. The number of anilines is 2. The van der Waals surface area contributed by atoms with Crippen LogP contribution in [-0.4, -0.2) is 7.05 Å². The Bertz CT molecular complexity index is 632. The first-order chi connectivity index (χ1) is 9.10. The van der Waals surface area contributed by atoms with Crippen molar-refractivity contribution in [3.63, 3.8) is 0 Å². The summed E-state index contributed by atoms with van der Waals surface area (Å²) in [6.45, 7) is 0.710. The highest BCUT2D eigenvalue weighted by Gasteiger charge is 2.06. The van der Waals surface area contributed by atoms with Gasteiger partial charge in [-0.25, -0.2) is 0 Å². The van der Waals surface area contributed by atoms with Crippen molar-refractivity contribution in [2.24, 2.45) is 0 Å². The average Bonchev–Trinajstić information content (AvgIpc) is 2.38. The summed E-state index contributed by atoms with van der Waals surface area (Å²) in [5, 5.41) is 8.90. The Kier molecular flexibility index (Phi) is 4.08. The van der Waals surface area contributed by atoms with E-state index in [1.165, 1.54) is 0 Å². The summed E-state index contributed by atoms with van der Waals surface area (Å²) in [5.74, 6) is 0. The minimum Gasteiger partial charge on any atom is -0.397 e. The fraction of sp³-hybridized carbons (Fsp3) is 0.133. The maximum absolute atomic E-state index is 8.90. The molecule has 0 fully saturated rings. The highest BCUT2D eigenvalue weighted by Crippen LogP contribution is 2.26. The Labute approximate surface area is 121 Å². The van der Waals surface area contributed by atoms with E-state index in [9.17, 15) is 0 Å². The maximum atomic E-state index is 8.90. The van der Waals surface area contributed by atoms with Gasteiger partial charge in [0.05, 0.1) is 23.0 Å². The van der Waals surface area contributed by atoms with Crippen molar-refractivity contribution in [2.45, 2.75) is 6.54 Å². The number of rotatable bonds is 3. The van der Waals surface area contributed by atoms with Gasteiger partial charge < -0.3 is 10.6 Å². The van der Waals surface area contributed by atoms with Crippen molar-refractivity contribution in [1.29, 1.82) is 5.26 Å². The first-order valence-corrected chi connectivity index (χ1v) is 6.64. The molecule has 0 saturated heterocycles. The average molecular weight is 316 g/mol. The van der Waals surface area contributed by atoms with Crippen LogP contribution >= 0.6 is 15.9 Å². The number of nitriles is 1. The van der Waals surface area contributed by atoms with Crippen molar-refractivity contribution in [1.82, 2.24) is 0 Å². The van der Waals surface area contributed by atoms with E-state index in [0.29, 0.717) is 12.1 Å². The normalized spacial score (nSPS) is 9.95. The molecule has 0 atom stereocenters. The Morgan fingerprint density at radius 2 is 2.05 bits per heavy atom. The lowest BCUT2D eigenvalue weighted by molar-refractivity contribution is 0.924. The molecule has 3 nitrogen and oxygen atoms in total. The molecule has 19 heavy (non-hydrogen) atoms. The van der Waals surface area contributed by atoms with Crippen LogP contribution in [0.1, 0.15) is 11.1 Å². The van der Waals surface area contributed by atoms with Crippen molar-refractivity contribution in [2.75, 3.05) is 17.7 Å². The van der Waals surface area contributed by atoms with Crippen LogP contribution in [-0.2, 0) is 6.54 Å². The largest absolute Gasteiger partial charge is 0.397 e. The third-order valence-corrected chi connectivity index (χ3v) is 3.37. The van der Waals surface area contributed by atoms with E-state index in [1.807, 2.05) is 43.4 Å². The second kappa shape index (κ2) is 5.77. The van der Waals surface area contributed by atoms with Gasteiger partial charge in [-0.3, -0.25) is 0 Å². The number of benzene rings is 2. The first-order valence-electron chi connectivity index (χ1n) is 5.85. The highest BCUT2D eigenvalue weighted by molar-refractivity contribution is 9.10. The molecule has 0 aliphatic heterocycles. The van der Waals surface area contributed by atoms with Crippen LogP contribution in [0.4, 0.5) is 11.4 Å². The predicted octanol–water partition coefficient (Wildman–Crippen LogP) is 3.54. The standard InChI is InChI=1S/C15H14BrN3/c1-19(15-6-5-13(16)8-14(15)18)10-12-4-2-3-11(7-12)9-17/h2-8H,10,18H2,1H3. The molecule has 0 aliphatic carbocycles. The van der Waals surface area contributed by atoms with Crippen molar-refractivity contribution >= 4 is 27.3 Å². The van der Waals surface area contributed by atoms with E-state index in [1.54, 1.807) is 6.07 Å². The fourth-order valence-electron chi connectivity index (χ4n) is 1.97. The van der Waals surface area contributed by atoms with Gasteiger partial charge >= 0.3 is 0 Å². The number of nitrogen functional groups attached to an aromatic ring is 1. The van der Waals surface area contributed by atoms with Crippen LogP contribution in [0.3, 0.4) is 0 Å². The molecule has 96 valence electrons. The minimum absolute atomic E-state index is 0.676. The van der Waals surface area contributed by atoms with E-state index in [-0.39, 0.29) is 0 Å². The molecular formula is C15H14BrN3. The van der Waals surface area contributed by atoms with Gasteiger partial charge in [0.15, 0.2) is 0 Å². The summed E-state index contributed by atoms with van der Waals surface area (Å²) in [4.78, 5) is 2.07. The lowest BCUT2D eigenvalue weighted by Gasteiger charge is -2.21. The summed E-state index contributed by atoms with van der Waals surface area (Å²) in [5.41, 5.74) is 9.48. The van der Waals surface area contributed by atoms with E-state index < -0.39 is 0 Å². The van der Waals surface area contributed by atoms with Gasteiger partial charge in [-0.15, -0.1) is 0 Å². The van der Waals surface area contributed by atoms with E-state index >= 15 is 0 Å². The number of nitrogens with two attached hydrogens (primary N) is 1. The van der Waals surface area contributed by atoms with Crippen LogP contribution in [0.25, 0.3) is 0 Å². The third kappa shape index (κ3) is 3.27. The van der Waals surface area contributed by atoms with Gasteiger partial charge in [0, 0.05) is 18.1 Å². The number of nitrogens with zero attached hydrogens (tertiary/aromatic N) is 2. The van der Waals surface area contributed by atoms with Crippen LogP contribution in [0.15, 0.2) is 46.9 Å². The number of hydrogen-bond acceptors (Lipinski definition) is 3. The van der Waals surface area contributed by atoms with Crippen LogP contribution in [0.2, 0.25) is 0 Å². The molecule has 0 saturated carbocycles. The van der Waals surface area contributed by atoms with Crippen molar-refractivity contribution in [3.05, 3.63) is 58.1 Å². The molecule has 2 rings (SSSR count). The first kappa shape index (κ1) is 13.4. The molecule has 0 aromatic heterocycles. The molecule has 0 aliphatic rings. The molecule has 0 amide bonds. The Balaban J connectivity index is 2.20. The molecule has 0 spiro atoms. The monoisotopic (exact) mass is 315 g/mol. The summed E-state index contributed by atoms with van der Waals surface area (Å²) in [6, 6.07) is 15.6. The zero-order valence-corrected chi connectivity index (χ0v) is 12.2. The van der Waals surface area contributed by atoms with Gasteiger partial charge in [0.1, 0.15) is 0 Å². The lowest BCUT2D eigenvalue weighted by Crippen LogP contribution is -2.17. The quantitative estimate of drug-likeness (QED) is 0.881. The molecule has 2 aromatic rings. The third-order valence-electron chi connectivity index (χ3n) is 2.88. The topological polar surface area (TPSA) is 53.0 Å².